The largest absolute Gasteiger partial charge is 0.348 e. The lowest BCUT2D eigenvalue weighted by atomic mass is 10.0. The van der Waals surface area contributed by atoms with E-state index in [4.69, 9.17) is 0 Å². The Hall–Kier alpha value is -5.82. The number of nitrogens with zero attached hydrogens (tertiary/aromatic N) is 10. The first-order valence-electron chi connectivity index (χ1n) is 18.2. The summed E-state index contributed by atoms with van der Waals surface area (Å²) in [5.74, 6) is 1.30. The second-order valence-corrected chi connectivity index (χ2v) is 17.3. The standard InChI is InChI=1S/C19H23N7O2S.C18H21N7OS/c1-5-11(2)15-10-21-26-17(15)23-19(29(4,27)28)24-18(26)22-12(3)14-8-6-7-13-9-20-25-16(13)14;1-10(2)14-9-20-25-16(14)22-18(27(4)26)23-17(25)21-11(3)12-5-6-15-13(7-12)8-19-24-15/h6-12H,5H2,1-4H3,(H,20,25)(H,22,23,24);5-11H,1-4H3,(H,19,24)(H,21,22,23). The molecule has 8 rings (SSSR count). The van der Waals surface area contributed by atoms with Gasteiger partial charge in [0.15, 0.2) is 11.3 Å². The molecule has 4 atom stereocenters. The SMILES string of the molecule is CC(C)c1cnn2c(NC(C)c3ccc4[nH]ncc4c3)nc(S(C)=O)nc12.CCC(C)c1cnn2c(NC(C)c3cccc4cn[nH]c34)nc(S(C)(=O)=O)nc12. The van der Waals surface area contributed by atoms with Crippen LogP contribution in [0.2, 0.25) is 0 Å². The summed E-state index contributed by atoms with van der Waals surface area (Å²) in [5, 5.41) is 31.8. The van der Waals surface area contributed by atoms with E-state index in [2.05, 4.69) is 94.9 Å². The van der Waals surface area contributed by atoms with Crippen molar-refractivity contribution in [1.82, 2.24) is 59.6 Å². The van der Waals surface area contributed by atoms with Crippen LogP contribution in [0, 0.1) is 0 Å². The Bertz CT molecular complexity index is 2820. The Balaban J connectivity index is 0.000000172. The van der Waals surface area contributed by atoms with E-state index in [1.54, 1.807) is 40.1 Å². The third-order valence-corrected chi connectivity index (χ3v) is 11.3. The van der Waals surface area contributed by atoms with Gasteiger partial charge in [-0.05, 0) is 55.4 Å². The number of aromatic nitrogens is 12. The van der Waals surface area contributed by atoms with Crippen molar-refractivity contribution in [3.05, 3.63) is 83.4 Å². The van der Waals surface area contributed by atoms with Crippen LogP contribution in [-0.4, -0.2) is 84.7 Å². The minimum atomic E-state index is -3.59. The van der Waals surface area contributed by atoms with E-state index in [0.29, 0.717) is 28.3 Å². The number of aromatic amines is 2. The van der Waals surface area contributed by atoms with Gasteiger partial charge in [-0.2, -0.15) is 44.4 Å². The van der Waals surface area contributed by atoms with E-state index in [1.165, 1.54) is 0 Å². The zero-order valence-electron chi connectivity index (χ0n) is 32.3. The Morgan fingerprint density at radius 3 is 2.12 bits per heavy atom. The first kappa shape index (κ1) is 38.5. The Morgan fingerprint density at radius 2 is 1.43 bits per heavy atom. The van der Waals surface area contributed by atoms with Crippen LogP contribution in [-0.2, 0) is 20.6 Å². The molecule has 4 N–H and O–H groups in total. The molecule has 0 amide bonds. The van der Waals surface area contributed by atoms with Crippen molar-refractivity contribution in [2.75, 3.05) is 23.1 Å². The quantitative estimate of drug-likeness (QED) is 0.116. The lowest BCUT2D eigenvalue weighted by Gasteiger charge is -2.17. The van der Waals surface area contributed by atoms with Gasteiger partial charge in [0.1, 0.15) is 0 Å². The Kier molecular flexibility index (Phi) is 10.6. The van der Waals surface area contributed by atoms with E-state index in [9.17, 15) is 12.6 Å². The molecule has 0 aliphatic rings. The molecule has 0 fully saturated rings. The first-order valence-corrected chi connectivity index (χ1v) is 21.6. The first-order chi connectivity index (χ1) is 26.7. The molecule has 0 aliphatic carbocycles. The van der Waals surface area contributed by atoms with Gasteiger partial charge < -0.3 is 10.6 Å². The molecule has 0 aliphatic heterocycles. The topological polar surface area (TPSA) is 219 Å². The van der Waals surface area contributed by atoms with E-state index in [1.807, 2.05) is 44.2 Å². The molecule has 0 saturated heterocycles. The zero-order valence-corrected chi connectivity index (χ0v) is 33.9. The summed E-state index contributed by atoms with van der Waals surface area (Å²) < 4.78 is 39.7. The fourth-order valence-corrected chi connectivity index (χ4v) is 7.27. The molecule has 19 heteroatoms. The maximum atomic E-state index is 12.2. The molecule has 0 spiro atoms. The van der Waals surface area contributed by atoms with Gasteiger partial charge in [-0.25, -0.2) is 13.4 Å². The number of benzene rings is 2. The van der Waals surface area contributed by atoms with Crippen molar-refractivity contribution < 1.29 is 12.6 Å². The number of nitrogens with one attached hydrogen (secondary N) is 4. The average Bonchev–Trinajstić information content (AvgIpc) is 3.99. The number of fused-ring (bicyclic) bond motifs is 4. The zero-order chi connectivity index (χ0) is 39.9. The monoisotopic (exact) mass is 796 g/mol. The molecule has 6 heterocycles. The van der Waals surface area contributed by atoms with Gasteiger partial charge in [-0.3, -0.25) is 14.4 Å². The van der Waals surface area contributed by atoms with Crippen molar-refractivity contribution in [3.63, 3.8) is 0 Å². The number of hydrogen-bond donors (Lipinski definition) is 4. The van der Waals surface area contributed by atoms with Crippen molar-refractivity contribution in [1.29, 1.82) is 0 Å². The highest BCUT2D eigenvalue weighted by Crippen LogP contribution is 2.29. The fourth-order valence-electron chi connectivity index (χ4n) is 6.34. The third kappa shape index (κ3) is 7.55. The maximum absolute atomic E-state index is 12.2. The molecule has 6 aromatic heterocycles. The molecular formula is C37H44N14O3S2. The fraction of sp³-hybridized carbons (Fsp3) is 0.351. The van der Waals surface area contributed by atoms with Gasteiger partial charge in [0, 0.05) is 34.4 Å². The van der Waals surface area contributed by atoms with Gasteiger partial charge in [0.2, 0.25) is 26.9 Å². The number of anilines is 2. The smallest absolute Gasteiger partial charge is 0.252 e. The second-order valence-electron chi connectivity index (χ2n) is 14.2. The lowest BCUT2D eigenvalue weighted by molar-refractivity contribution is 0.591. The molecule has 0 radical (unpaired) electrons. The van der Waals surface area contributed by atoms with Crippen LogP contribution in [0.5, 0.6) is 0 Å². The van der Waals surface area contributed by atoms with Gasteiger partial charge in [0.05, 0.1) is 58.7 Å². The number of hydrogen-bond acceptors (Lipinski definition) is 13. The van der Waals surface area contributed by atoms with Crippen LogP contribution in [0.4, 0.5) is 11.9 Å². The van der Waals surface area contributed by atoms with Gasteiger partial charge in [-0.1, -0.05) is 52.0 Å². The summed E-state index contributed by atoms with van der Waals surface area (Å²) in [6.45, 7) is 12.3. The molecule has 292 valence electrons. The number of sulfone groups is 1. The number of para-hydroxylation sites is 1. The predicted octanol–water partition coefficient (Wildman–Crippen LogP) is 6.13. The lowest BCUT2D eigenvalue weighted by Crippen LogP contribution is -2.16. The highest BCUT2D eigenvalue weighted by atomic mass is 32.2. The number of rotatable bonds is 11. The summed E-state index contributed by atoms with van der Waals surface area (Å²) in [7, 11) is -4.88. The molecule has 17 nitrogen and oxygen atoms in total. The van der Waals surface area contributed by atoms with E-state index in [-0.39, 0.29) is 29.1 Å². The highest BCUT2D eigenvalue weighted by Gasteiger charge is 2.23. The van der Waals surface area contributed by atoms with Crippen LogP contribution in [0.1, 0.15) is 94.1 Å². The summed E-state index contributed by atoms with van der Waals surface area (Å²) in [5.41, 5.74) is 7.07. The molecular weight excluding hydrogens is 753 g/mol. The number of H-pyrrole nitrogens is 2. The summed E-state index contributed by atoms with van der Waals surface area (Å²) in [4.78, 5) is 17.5. The van der Waals surface area contributed by atoms with Crippen molar-refractivity contribution in [2.24, 2.45) is 0 Å². The van der Waals surface area contributed by atoms with Crippen LogP contribution >= 0.6 is 0 Å². The summed E-state index contributed by atoms with van der Waals surface area (Å²) in [6, 6.07) is 11.8. The Labute approximate surface area is 325 Å². The molecule has 56 heavy (non-hydrogen) atoms. The minimum Gasteiger partial charge on any atom is -0.348 e. The molecule has 0 saturated carbocycles. The minimum absolute atomic E-state index is 0.0350. The van der Waals surface area contributed by atoms with E-state index >= 15 is 0 Å². The normalized spacial score (nSPS) is 14.2. The van der Waals surface area contributed by atoms with E-state index < -0.39 is 20.6 Å². The molecule has 0 bridgehead atoms. The van der Waals surface area contributed by atoms with Gasteiger partial charge in [-0.15, -0.1) is 0 Å². The third-order valence-electron chi connectivity index (χ3n) is 9.73. The van der Waals surface area contributed by atoms with Crippen molar-refractivity contribution in [3.8, 4) is 0 Å². The molecule has 2 aromatic carbocycles. The van der Waals surface area contributed by atoms with Crippen LogP contribution in [0.3, 0.4) is 0 Å². The molecule has 8 aromatic rings. The highest BCUT2D eigenvalue weighted by molar-refractivity contribution is 7.90. The average molecular weight is 797 g/mol. The van der Waals surface area contributed by atoms with Crippen LogP contribution in [0.15, 0.2) is 71.5 Å². The van der Waals surface area contributed by atoms with Crippen molar-refractivity contribution in [2.45, 2.75) is 82.2 Å². The van der Waals surface area contributed by atoms with E-state index in [0.717, 1.165) is 56.7 Å². The summed E-state index contributed by atoms with van der Waals surface area (Å²) in [6.07, 6.45) is 10.7. The predicted molar refractivity (Wildman–Crippen MR) is 216 cm³/mol. The Morgan fingerprint density at radius 1 is 0.768 bits per heavy atom. The second kappa shape index (κ2) is 15.4. The summed E-state index contributed by atoms with van der Waals surface area (Å²) >= 11 is 0. The maximum Gasteiger partial charge on any atom is 0.252 e. The molecule has 4 unspecified atom stereocenters. The van der Waals surface area contributed by atoms with Gasteiger partial charge in [0.25, 0.3) is 5.16 Å². The van der Waals surface area contributed by atoms with Crippen molar-refractivity contribution >= 4 is 65.6 Å². The van der Waals surface area contributed by atoms with Gasteiger partial charge >= 0.3 is 0 Å². The van der Waals surface area contributed by atoms with Crippen LogP contribution in [0.25, 0.3) is 33.1 Å². The van der Waals surface area contributed by atoms with Crippen LogP contribution < -0.4 is 10.6 Å².